The van der Waals surface area contributed by atoms with Gasteiger partial charge in [0.25, 0.3) is 0 Å². The van der Waals surface area contributed by atoms with Crippen LogP contribution in [0.25, 0.3) is 0 Å². The number of carboxylic acids is 1. The Balaban J connectivity index is 0.000000553. The Morgan fingerprint density at radius 2 is 1.97 bits per heavy atom. The molecular weight excluding hydrogens is 426 g/mol. The lowest BCUT2D eigenvalue weighted by molar-refractivity contribution is -0.161. The van der Waals surface area contributed by atoms with E-state index < -0.39 is 11.9 Å². The molecule has 30 heavy (non-hydrogen) atoms. The molecule has 4 nitrogen and oxygen atoms in total. The number of hydrogen-bond acceptors (Lipinski definition) is 5. The lowest BCUT2D eigenvalue weighted by Crippen LogP contribution is -2.24. The molecule has 0 fully saturated rings. The minimum Gasteiger partial charge on any atom is -0.477 e. The number of nitrogens with zero attached hydrogens (tertiary/aromatic N) is 1. The van der Waals surface area contributed by atoms with Crippen molar-refractivity contribution in [2.45, 2.75) is 39.4 Å². The van der Waals surface area contributed by atoms with Crippen molar-refractivity contribution in [2.24, 2.45) is 5.73 Å². The third-order valence-corrected chi connectivity index (χ3v) is 5.47. The van der Waals surface area contributed by atoms with Gasteiger partial charge in [0.15, 0.2) is 0 Å². The summed E-state index contributed by atoms with van der Waals surface area (Å²) < 4.78 is 22.5. The van der Waals surface area contributed by atoms with Crippen LogP contribution in [0.5, 0.6) is 0 Å². The summed E-state index contributed by atoms with van der Waals surface area (Å²) in [5.74, 6) is -5.67. The van der Waals surface area contributed by atoms with Gasteiger partial charge in [0.05, 0.1) is 0 Å². The summed E-state index contributed by atoms with van der Waals surface area (Å²) >= 11 is 3.50. The number of halogens is 2. The number of hydrogen-bond donors (Lipinski definition) is 2. The molecule has 2 rings (SSSR count). The van der Waals surface area contributed by atoms with E-state index in [2.05, 4.69) is 58.7 Å². The molecular formula is C22H28F2N2O2S2. The minimum atomic E-state index is -3.58. The third kappa shape index (κ3) is 10.7. The Morgan fingerprint density at radius 3 is 2.50 bits per heavy atom. The number of alkyl halides is 2. The maximum absolute atomic E-state index is 11.2. The largest absolute Gasteiger partial charge is 0.477 e. The van der Waals surface area contributed by atoms with E-state index in [0.717, 1.165) is 24.5 Å². The van der Waals surface area contributed by atoms with E-state index in [1.165, 1.54) is 16.0 Å². The molecule has 1 aromatic carbocycles. The van der Waals surface area contributed by atoms with Gasteiger partial charge < -0.3 is 10.8 Å². The lowest BCUT2D eigenvalue weighted by atomic mass is 10.1. The molecule has 0 saturated heterocycles. The zero-order valence-corrected chi connectivity index (χ0v) is 18.8. The summed E-state index contributed by atoms with van der Waals surface area (Å²) in [4.78, 5) is 14.2. The van der Waals surface area contributed by atoms with E-state index in [9.17, 15) is 13.6 Å². The first-order chi connectivity index (χ1) is 14.2. The SMILES string of the molecule is C=C(CN(Cc1cccc(CN)c1)Cc1cccs1)S/C=C\C.CC(F)(F)C(=O)O. The number of aliphatic carboxylic acids is 1. The van der Waals surface area contributed by atoms with E-state index in [0.29, 0.717) is 13.5 Å². The van der Waals surface area contributed by atoms with Crippen LogP contribution in [0, 0.1) is 0 Å². The van der Waals surface area contributed by atoms with Gasteiger partial charge in [-0.05, 0) is 39.8 Å². The molecule has 0 spiro atoms. The first-order valence-electron chi connectivity index (χ1n) is 9.25. The maximum atomic E-state index is 11.2. The van der Waals surface area contributed by atoms with Crippen LogP contribution >= 0.6 is 23.1 Å². The van der Waals surface area contributed by atoms with Gasteiger partial charge >= 0.3 is 11.9 Å². The van der Waals surface area contributed by atoms with Gasteiger partial charge in [-0.1, -0.05) is 43.0 Å². The molecule has 1 aromatic heterocycles. The van der Waals surface area contributed by atoms with Gasteiger partial charge in [0, 0.05) is 38.0 Å². The highest BCUT2D eigenvalue weighted by atomic mass is 32.2. The molecule has 2 aromatic rings. The second-order valence-corrected chi connectivity index (χ2v) is 8.69. The molecule has 0 aliphatic heterocycles. The van der Waals surface area contributed by atoms with Crippen LogP contribution in [-0.4, -0.2) is 28.4 Å². The van der Waals surface area contributed by atoms with Crippen molar-refractivity contribution < 1.29 is 18.7 Å². The van der Waals surface area contributed by atoms with E-state index in [-0.39, 0.29) is 0 Å². The molecule has 0 aliphatic carbocycles. The fraction of sp³-hybridized carbons (Fsp3) is 0.318. The number of nitrogens with two attached hydrogens (primary N) is 1. The maximum Gasteiger partial charge on any atom is 0.374 e. The van der Waals surface area contributed by atoms with Crippen molar-refractivity contribution in [3.8, 4) is 0 Å². The van der Waals surface area contributed by atoms with Crippen LogP contribution in [-0.2, 0) is 24.4 Å². The van der Waals surface area contributed by atoms with Gasteiger partial charge in [-0.2, -0.15) is 8.78 Å². The monoisotopic (exact) mass is 454 g/mol. The predicted molar refractivity (Wildman–Crippen MR) is 123 cm³/mol. The highest BCUT2D eigenvalue weighted by Gasteiger charge is 2.31. The van der Waals surface area contributed by atoms with Crippen LogP contribution in [0.2, 0.25) is 0 Å². The molecule has 164 valence electrons. The zero-order chi connectivity index (χ0) is 22.6. The van der Waals surface area contributed by atoms with Gasteiger partial charge in [-0.25, -0.2) is 4.79 Å². The summed E-state index contributed by atoms with van der Waals surface area (Å²) in [5.41, 5.74) is 8.24. The fourth-order valence-electron chi connectivity index (χ4n) is 2.35. The minimum absolute atomic E-state index is 0.329. The van der Waals surface area contributed by atoms with E-state index in [4.69, 9.17) is 10.8 Å². The van der Waals surface area contributed by atoms with Gasteiger partial charge in [0.1, 0.15) is 0 Å². The second-order valence-electron chi connectivity index (χ2n) is 6.57. The molecule has 0 unspecified atom stereocenters. The number of carbonyl (C=O) groups is 1. The Kier molecular flexibility index (Phi) is 11.6. The van der Waals surface area contributed by atoms with Crippen LogP contribution < -0.4 is 5.73 Å². The van der Waals surface area contributed by atoms with Gasteiger partial charge in [-0.3, -0.25) is 4.90 Å². The van der Waals surface area contributed by atoms with Crippen molar-refractivity contribution >= 4 is 29.1 Å². The summed E-state index contributed by atoms with van der Waals surface area (Å²) in [6.07, 6.45) is 2.05. The topological polar surface area (TPSA) is 66.6 Å². The summed E-state index contributed by atoms with van der Waals surface area (Å²) in [7, 11) is 0. The molecule has 0 saturated carbocycles. The predicted octanol–water partition coefficient (Wildman–Crippen LogP) is 5.72. The molecule has 0 atom stereocenters. The van der Waals surface area contributed by atoms with Crippen molar-refractivity contribution in [3.63, 3.8) is 0 Å². The average Bonchev–Trinajstić information content (AvgIpc) is 3.19. The van der Waals surface area contributed by atoms with Crippen molar-refractivity contribution in [2.75, 3.05) is 6.54 Å². The quantitative estimate of drug-likeness (QED) is 0.481. The molecule has 0 aliphatic rings. The van der Waals surface area contributed by atoms with Crippen molar-refractivity contribution in [3.05, 3.63) is 80.8 Å². The number of thioether (sulfide) groups is 1. The standard InChI is InChI=1S/C19H24N2S2.C3H4F2O2/c1-3-9-22-16(2)13-21(15-19-8-5-10-23-19)14-18-7-4-6-17(11-18)12-20;1-3(4,5)2(6)7/h3-11H,2,12-15,20H2,1H3;1H3,(H,6,7)/b9-3-;. The number of benzene rings is 1. The molecule has 3 N–H and O–H groups in total. The van der Waals surface area contributed by atoms with E-state index in [1.54, 1.807) is 23.1 Å². The Hall–Kier alpha value is -2.00. The van der Waals surface area contributed by atoms with Crippen LogP contribution in [0.15, 0.2) is 64.7 Å². The molecule has 1 heterocycles. The summed E-state index contributed by atoms with van der Waals surface area (Å²) in [6, 6.07) is 12.8. The lowest BCUT2D eigenvalue weighted by Gasteiger charge is -2.22. The number of rotatable bonds is 10. The highest BCUT2D eigenvalue weighted by molar-refractivity contribution is 8.05. The van der Waals surface area contributed by atoms with E-state index in [1.807, 2.05) is 13.0 Å². The highest BCUT2D eigenvalue weighted by Crippen LogP contribution is 2.21. The van der Waals surface area contributed by atoms with Crippen LogP contribution in [0.1, 0.15) is 29.9 Å². The van der Waals surface area contributed by atoms with Crippen LogP contribution in [0.4, 0.5) is 8.78 Å². The zero-order valence-electron chi connectivity index (χ0n) is 17.2. The smallest absolute Gasteiger partial charge is 0.374 e. The first-order valence-corrected chi connectivity index (χ1v) is 11.0. The fourth-order valence-corrected chi connectivity index (χ4v) is 3.69. The summed E-state index contributed by atoms with van der Waals surface area (Å²) in [5, 5.41) is 11.7. The molecule has 0 bridgehead atoms. The average molecular weight is 455 g/mol. The Bertz CT molecular complexity index is 819. The summed E-state index contributed by atoms with van der Waals surface area (Å²) in [6.45, 7) is 9.86. The van der Waals surface area contributed by atoms with E-state index >= 15 is 0 Å². The normalized spacial score (nSPS) is 11.4. The number of allylic oxidation sites excluding steroid dienone is 1. The molecule has 8 heteroatoms. The second kappa shape index (κ2) is 13.3. The Labute approximate surface area is 185 Å². The molecule has 0 amide bonds. The Morgan fingerprint density at radius 1 is 1.30 bits per heavy atom. The number of carboxylic acid groups (broad SMARTS) is 1. The van der Waals surface area contributed by atoms with Gasteiger partial charge in [-0.15, -0.1) is 23.1 Å². The van der Waals surface area contributed by atoms with Crippen LogP contribution in [0.3, 0.4) is 0 Å². The van der Waals surface area contributed by atoms with Crippen molar-refractivity contribution in [1.82, 2.24) is 4.90 Å². The number of thiophene rings is 1. The first kappa shape index (κ1) is 26.0. The van der Waals surface area contributed by atoms with Crippen molar-refractivity contribution in [1.29, 1.82) is 0 Å². The molecule has 0 radical (unpaired) electrons. The van der Waals surface area contributed by atoms with Gasteiger partial charge in [0.2, 0.25) is 0 Å². The third-order valence-electron chi connectivity index (χ3n) is 3.74.